The van der Waals surface area contributed by atoms with Crippen molar-refractivity contribution in [3.8, 4) is 5.75 Å². The Morgan fingerprint density at radius 1 is 1.15 bits per heavy atom. The highest BCUT2D eigenvalue weighted by Gasteiger charge is 2.14. The number of carbonyl (C=O) groups is 1. The normalized spacial score (nSPS) is 11.5. The second-order valence-electron chi connectivity index (χ2n) is 6.89. The molecule has 0 fully saturated rings. The van der Waals surface area contributed by atoms with Gasteiger partial charge in [0.1, 0.15) is 11.5 Å². The first kappa shape index (κ1) is 16.6. The van der Waals surface area contributed by atoms with Crippen molar-refractivity contribution in [2.24, 2.45) is 7.05 Å². The summed E-state index contributed by atoms with van der Waals surface area (Å²) in [5, 5.41) is 4.78. The van der Waals surface area contributed by atoms with Gasteiger partial charge in [0, 0.05) is 47.5 Å². The summed E-state index contributed by atoms with van der Waals surface area (Å²) in [4.78, 5) is 15.3. The van der Waals surface area contributed by atoms with Crippen molar-refractivity contribution in [1.82, 2.24) is 9.55 Å². The van der Waals surface area contributed by atoms with E-state index in [0.29, 0.717) is 13.0 Å². The van der Waals surface area contributed by atoms with Crippen LogP contribution in [0, 0.1) is 6.92 Å². The number of rotatable bonds is 5. The van der Waals surface area contributed by atoms with Gasteiger partial charge in [0.25, 0.3) is 0 Å². The van der Waals surface area contributed by atoms with Crippen LogP contribution in [0.2, 0.25) is 0 Å². The zero-order valence-corrected chi connectivity index (χ0v) is 15.4. The van der Waals surface area contributed by atoms with E-state index in [0.717, 1.165) is 17.6 Å². The van der Waals surface area contributed by atoms with Gasteiger partial charge in [0.15, 0.2) is 0 Å². The lowest BCUT2D eigenvalue weighted by atomic mass is 10.0. The molecule has 4 rings (SSSR count). The van der Waals surface area contributed by atoms with Gasteiger partial charge in [-0.15, -0.1) is 0 Å². The van der Waals surface area contributed by atoms with Crippen LogP contribution in [0.1, 0.15) is 25.3 Å². The Morgan fingerprint density at radius 2 is 2.00 bits per heavy atom. The Bertz CT molecular complexity index is 1140. The monoisotopic (exact) mass is 346 g/mol. The molecule has 0 amide bonds. The fourth-order valence-corrected chi connectivity index (χ4v) is 3.80. The van der Waals surface area contributed by atoms with Crippen molar-refractivity contribution in [1.29, 1.82) is 0 Å². The first-order valence-corrected chi connectivity index (χ1v) is 8.94. The molecule has 132 valence electrons. The summed E-state index contributed by atoms with van der Waals surface area (Å²) in [5.74, 6) is 1.05. The summed E-state index contributed by atoms with van der Waals surface area (Å²) >= 11 is 0. The Hall–Kier alpha value is -2.88. The standard InChI is InChI=1S/C22H22N2O2/c1-14(25)5-4-10-26-17-6-7-21-19(12-17)20-11-16-13-23-9-8-18(16)15(2)22(20)24(21)3/h6-9,11-13H,4-5,10H2,1-3H3. The fourth-order valence-electron chi connectivity index (χ4n) is 3.80. The molecular weight excluding hydrogens is 324 g/mol. The molecule has 26 heavy (non-hydrogen) atoms. The second kappa shape index (κ2) is 6.45. The quantitative estimate of drug-likeness (QED) is 0.481. The molecule has 4 heteroatoms. The van der Waals surface area contributed by atoms with Gasteiger partial charge in [-0.25, -0.2) is 0 Å². The number of ketones is 1. The van der Waals surface area contributed by atoms with Gasteiger partial charge in [0.2, 0.25) is 0 Å². The summed E-state index contributed by atoms with van der Waals surface area (Å²) in [5.41, 5.74) is 3.69. The Kier molecular flexibility index (Phi) is 4.11. The number of benzene rings is 2. The predicted octanol–water partition coefficient (Wildman–Crippen LogP) is 4.94. The molecule has 0 unspecified atom stereocenters. The van der Waals surface area contributed by atoms with Crippen molar-refractivity contribution in [3.05, 3.63) is 48.3 Å². The number of nitrogens with zero attached hydrogens (tertiary/aromatic N) is 2. The lowest BCUT2D eigenvalue weighted by Gasteiger charge is -2.06. The van der Waals surface area contributed by atoms with Crippen LogP contribution in [-0.2, 0) is 11.8 Å². The van der Waals surface area contributed by atoms with Gasteiger partial charge in [0.05, 0.1) is 12.1 Å². The van der Waals surface area contributed by atoms with Crippen LogP contribution < -0.4 is 4.74 Å². The third-order valence-corrected chi connectivity index (χ3v) is 5.06. The summed E-state index contributed by atoms with van der Waals surface area (Å²) in [6, 6.07) is 10.5. The maximum atomic E-state index is 11.1. The van der Waals surface area contributed by atoms with Crippen molar-refractivity contribution in [2.75, 3.05) is 6.61 Å². The Balaban J connectivity index is 1.82. The number of aromatic nitrogens is 2. The minimum Gasteiger partial charge on any atom is -0.494 e. The molecule has 0 saturated heterocycles. The molecule has 0 bridgehead atoms. The molecule has 0 radical (unpaired) electrons. The molecule has 0 spiro atoms. The fraction of sp³-hybridized carbons (Fsp3) is 0.273. The molecule has 2 aromatic carbocycles. The van der Waals surface area contributed by atoms with Crippen LogP contribution in [-0.4, -0.2) is 21.9 Å². The maximum Gasteiger partial charge on any atom is 0.129 e. The molecule has 0 aliphatic rings. The van der Waals surface area contributed by atoms with Gasteiger partial charge >= 0.3 is 0 Å². The number of aryl methyl sites for hydroxylation is 2. The molecule has 0 aliphatic heterocycles. The number of carbonyl (C=O) groups excluding carboxylic acids is 1. The Labute approximate surface area is 152 Å². The van der Waals surface area contributed by atoms with Gasteiger partial charge in [-0.3, -0.25) is 4.98 Å². The summed E-state index contributed by atoms with van der Waals surface area (Å²) < 4.78 is 8.12. The van der Waals surface area contributed by atoms with Crippen molar-refractivity contribution in [3.63, 3.8) is 0 Å². The van der Waals surface area contributed by atoms with Gasteiger partial charge in [-0.2, -0.15) is 0 Å². The molecule has 0 aliphatic carbocycles. The zero-order chi connectivity index (χ0) is 18.3. The molecule has 2 heterocycles. The van der Waals surface area contributed by atoms with E-state index >= 15 is 0 Å². The van der Waals surface area contributed by atoms with Crippen molar-refractivity contribution in [2.45, 2.75) is 26.7 Å². The first-order valence-electron chi connectivity index (χ1n) is 8.94. The molecule has 0 atom stereocenters. The van der Waals surface area contributed by atoms with E-state index in [9.17, 15) is 4.79 Å². The minimum atomic E-state index is 0.203. The van der Waals surface area contributed by atoms with Gasteiger partial charge < -0.3 is 14.1 Å². The number of fused-ring (bicyclic) bond motifs is 4. The SMILES string of the molecule is CC(=O)CCCOc1ccc2c(c1)c1cc3cnccc3c(C)c1n2C. The van der Waals surface area contributed by atoms with E-state index < -0.39 is 0 Å². The molecule has 0 saturated carbocycles. The number of hydrogen-bond acceptors (Lipinski definition) is 3. The van der Waals surface area contributed by atoms with E-state index in [1.54, 1.807) is 6.92 Å². The van der Waals surface area contributed by atoms with E-state index in [-0.39, 0.29) is 5.78 Å². The third kappa shape index (κ3) is 2.71. The van der Waals surface area contributed by atoms with Crippen LogP contribution >= 0.6 is 0 Å². The summed E-state index contributed by atoms with van der Waals surface area (Å²) in [7, 11) is 2.11. The lowest BCUT2D eigenvalue weighted by Crippen LogP contribution is -2.00. The second-order valence-corrected chi connectivity index (χ2v) is 6.89. The van der Waals surface area contributed by atoms with Gasteiger partial charge in [-0.05, 0) is 61.5 Å². The molecule has 4 aromatic rings. The third-order valence-electron chi connectivity index (χ3n) is 5.06. The van der Waals surface area contributed by atoms with E-state index in [1.807, 2.05) is 18.5 Å². The topological polar surface area (TPSA) is 44.1 Å². The smallest absolute Gasteiger partial charge is 0.129 e. The predicted molar refractivity (Wildman–Crippen MR) is 106 cm³/mol. The summed E-state index contributed by atoms with van der Waals surface area (Å²) in [6.07, 6.45) is 5.08. The highest BCUT2D eigenvalue weighted by atomic mass is 16.5. The minimum absolute atomic E-state index is 0.203. The van der Waals surface area contributed by atoms with E-state index in [2.05, 4.69) is 47.8 Å². The first-order chi connectivity index (χ1) is 12.6. The largest absolute Gasteiger partial charge is 0.494 e. The molecule has 4 nitrogen and oxygen atoms in total. The lowest BCUT2D eigenvalue weighted by molar-refractivity contribution is -0.117. The molecule has 2 aromatic heterocycles. The average molecular weight is 346 g/mol. The highest BCUT2D eigenvalue weighted by molar-refractivity contribution is 6.14. The number of ether oxygens (including phenoxy) is 1. The number of pyridine rings is 1. The van der Waals surface area contributed by atoms with Crippen LogP contribution in [0.3, 0.4) is 0 Å². The van der Waals surface area contributed by atoms with E-state index in [1.165, 1.54) is 32.8 Å². The number of Topliss-reactive ketones (excluding diaryl/α,β-unsaturated/α-hetero) is 1. The maximum absolute atomic E-state index is 11.1. The molecule has 0 N–H and O–H groups in total. The summed E-state index contributed by atoms with van der Waals surface area (Å²) in [6.45, 7) is 4.34. The van der Waals surface area contributed by atoms with Crippen LogP contribution in [0.5, 0.6) is 5.75 Å². The van der Waals surface area contributed by atoms with Gasteiger partial charge in [-0.1, -0.05) is 0 Å². The zero-order valence-electron chi connectivity index (χ0n) is 15.4. The van der Waals surface area contributed by atoms with E-state index in [4.69, 9.17) is 4.74 Å². The average Bonchev–Trinajstić information content (AvgIpc) is 2.91. The van der Waals surface area contributed by atoms with Crippen LogP contribution in [0.25, 0.3) is 32.6 Å². The van der Waals surface area contributed by atoms with Crippen molar-refractivity contribution >= 4 is 38.4 Å². The van der Waals surface area contributed by atoms with Crippen molar-refractivity contribution < 1.29 is 9.53 Å². The number of hydrogen-bond donors (Lipinski definition) is 0. The highest BCUT2D eigenvalue weighted by Crippen LogP contribution is 2.36. The van der Waals surface area contributed by atoms with Crippen LogP contribution in [0.4, 0.5) is 0 Å². The Morgan fingerprint density at radius 3 is 2.81 bits per heavy atom. The molecular formula is C22H22N2O2. The van der Waals surface area contributed by atoms with Crippen LogP contribution in [0.15, 0.2) is 42.7 Å².